The maximum atomic E-state index is 6.59. The van der Waals surface area contributed by atoms with E-state index in [1.165, 1.54) is 18.4 Å². The van der Waals surface area contributed by atoms with Crippen molar-refractivity contribution in [3.8, 4) is 11.3 Å². The topological polar surface area (TPSA) is 55.0 Å². The van der Waals surface area contributed by atoms with Crippen molar-refractivity contribution in [1.29, 1.82) is 0 Å². The van der Waals surface area contributed by atoms with Gasteiger partial charge in [0.25, 0.3) is 0 Å². The summed E-state index contributed by atoms with van der Waals surface area (Å²) in [6.45, 7) is 2.05. The second-order valence-corrected chi connectivity index (χ2v) is 10.1. The molecule has 0 spiro atoms. The minimum absolute atomic E-state index is 0.375. The fourth-order valence-corrected chi connectivity index (χ4v) is 5.59. The molecule has 1 aliphatic carbocycles. The summed E-state index contributed by atoms with van der Waals surface area (Å²) in [5.41, 5.74) is 10.5. The van der Waals surface area contributed by atoms with Crippen LogP contribution in [0, 0.1) is 5.92 Å². The van der Waals surface area contributed by atoms with Crippen LogP contribution in [0.3, 0.4) is 0 Å². The zero-order valence-electron chi connectivity index (χ0n) is 19.2. The lowest BCUT2D eigenvalue weighted by atomic mass is 9.83. The number of hydrogen-bond acceptors (Lipinski definition) is 4. The van der Waals surface area contributed by atoms with Crippen molar-refractivity contribution in [2.75, 3.05) is 18.0 Å². The van der Waals surface area contributed by atoms with Crippen LogP contribution in [-0.4, -0.2) is 29.1 Å². The third-order valence-corrected chi connectivity index (χ3v) is 7.70. The van der Waals surface area contributed by atoms with Crippen molar-refractivity contribution >= 4 is 17.4 Å². The molecule has 2 aliphatic rings. The average molecular weight is 461 g/mol. The van der Waals surface area contributed by atoms with Crippen LogP contribution in [0.2, 0.25) is 5.02 Å². The third kappa shape index (κ3) is 5.39. The van der Waals surface area contributed by atoms with Gasteiger partial charge in [0.05, 0.1) is 10.7 Å². The number of anilines is 1. The van der Waals surface area contributed by atoms with Gasteiger partial charge in [0.15, 0.2) is 0 Å². The van der Waals surface area contributed by atoms with E-state index < -0.39 is 0 Å². The molecule has 1 aliphatic heterocycles. The molecule has 3 aromatic rings. The summed E-state index contributed by atoms with van der Waals surface area (Å²) in [6.07, 6.45) is 9.71. The van der Waals surface area contributed by atoms with Gasteiger partial charge in [-0.3, -0.25) is 4.98 Å². The van der Waals surface area contributed by atoms with Gasteiger partial charge in [-0.25, -0.2) is 4.98 Å². The van der Waals surface area contributed by atoms with Gasteiger partial charge in [0.2, 0.25) is 0 Å². The quantitative estimate of drug-likeness (QED) is 0.489. The molecule has 5 rings (SSSR count). The number of halogens is 1. The Kier molecular flexibility index (Phi) is 6.93. The number of hydrogen-bond donors (Lipinski definition) is 1. The first-order chi connectivity index (χ1) is 16.2. The summed E-state index contributed by atoms with van der Waals surface area (Å²) in [5.74, 6) is 2.34. The highest BCUT2D eigenvalue weighted by Crippen LogP contribution is 2.33. The van der Waals surface area contributed by atoms with Gasteiger partial charge >= 0.3 is 0 Å². The van der Waals surface area contributed by atoms with Crippen molar-refractivity contribution in [2.45, 2.75) is 56.9 Å². The predicted octanol–water partition coefficient (Wildman–Crippen LogP) is 6.24. The Labute approximate surface area is 202 Å². The third-order valence-electron chi connectivity index (χ3n) is 7.40. The fraction of sp³-hybridized carbons (Fsp3) is 0.429. The molecule has 172 valence electrons. The molecule has 2 fully saturated rings. The molecule has 4 nitrogen and oxygen atoms in total. The Morgan fingerprint density at radius 3 is 2.42 bits per heavy atom. The van der Waals surface area contributed by atoms with Crippen molar-refractivity contribution in [1.82, 2.24) is 9.97 Å². The van der Waals surface area contributed by atoms with E-state index in [1.54, 1.807) is 6.20 Å². The maximum absolute atomic E-state index is 6.59. The van der Waals surface area contributed by atoms with E-state index in [0.29, 0.717) is 22.9 Å². The number of aromatic nitrogens is 2. The van der Waals surface area contributed by atoms with Crippen LogP contribution in [0.5, 0.6) is 0 Å². The summed E-state index contributed by atoms with van der Waals surface area (Å²) in [7, 11) is 0. The molecule has 1 saturated heterocycles. The average Bonchev–Trinajstić information content (AvgIpc) is 2.87. The number of benzene rings is 1. The van der Waals surface area contributed by atoms with E-state index in [0.717, 1.165) is 68.0 Å². The van der Waals surface area contributed by atoms with Gasteiger partial charge in [0.1, 0.15) is 5.82 Å². The van der Waals surface area contributed by atoms with Gasteiger partial charge in [0, 0.05) is 36.6 Å². The zero-order valence-corrected chi connectivity index (χ0v) is 19.9. The normalized spacial score (nSPS) is 21.8. The number of piperidine rings is 1. The standard InChI is InChI=1S/C28H33ClN4/c29-26-19-31-24(17-20-9-11-23(30)12-10-20)18-25(26)27-7-4-8-28(32-27)33-15-13-22(14-16-33)21-5-2-1-3-6-21/h1-8,18-20,22-23H,9-17,30H2. The summed E-state index contributed by atoms with van der Waals surface area (Å²) in [6, 6.07) is 19.7. The van der Waals surface area contributed by atoms with E-state index in [4.69, 9.17) is 22.3 Å². The van der Waals surface area contributed by atoms with E-state index in [9.17, 15) is 0 Å². The number of nitrogens with zero attached hydrogens (tertiary/aromatic N) is 3. The summed E-state index contributed by atoms with van der Waals surface area (Å²) >= 11 is 6.59. The number of nitrogens with two attached hydrogens (primary N) is 1. The summed E-state index contributed by atoms with van der Waals surface area (Å²) < 4.78 is 0. The summed E-state index contributed by atoms with van der Waals surface area (Å²) in [5, 5.41) is 0.664. The minimum atomic E-state index is 0.375. The monoisotopic (exact) mass is 460 g/mol. The lowest BCUT2D eigenvalue weighted by Gasteiger charge is -2.33. The van der Waals surface area contributed by atoms with Crippen molar-refractivity contribution in [2.24, 2.45) is 11.7 Å². The summed E-state index contributed by atoms with van der Waals surface area (Å²) in [4.78, 5) is 12.1. The Morgan fingerprint density at radius 2 is 1.67 bits per heavy atom. The van der Waals surface area contributed by atoms with Crippen LogP contribution in [0.4, 0.5) is 5.82 Å². The Hall–Kier alpha value is -2.43. The van der Waals surface area contributed by atoms with Gasteiger partial charge < -0.3 is 10.6 Å². The van der Waals surface area contributed by atoms with Gasteiger partial charge in [-0.05, 0) is 80.5 Å². The van der Waals surface area contributed by atoms with Gasteiger partial charge in [-0.2, -0.15) is 0 Å². The number of pyridine rings is 2. The van der Waals surface area contributed by atoms with Crippen LogP contribution >= 0.6 is 11.6 Å². The SMILES string of the molecule is NC1CCC(Cc2cc(-c3cccc(N4CCC(c5ccccc5)CC4)n3)c(Cl)cn2)CC1. The lowest BCUT2D eigenvalue weighted by Crippen LogP contribution is -2.33. The highest BCUT2D eigenvalue weighted by molar-refractivity contribution is 6.33. The second kappa shape index (κ2) is 10.2. The lowest BCUT2D eigenvalue weighted by molar-refractivity contribution is 0.323. The van der Waals surface area contributed by atoms with Crippen LogP contribution < -0.4 is 10.6 Å². The van der Waals surface area contributed by atoms with E-state index >= 15 is 0 Å². The van der Waals surface area contributed by atoms with Crippen molar-refractivity contribution in [3.63, 3.8) is 0 Å². The van der Waals surface area contributed by atoms with Crippen LogP contribution in [0.25, 0.3) is 11.3 Å². The first-order valence-corrected chi connectivity index (χ1v) is 12.7. The molecule has 5 heteroatoms. The second-order valence-electron chi connectivity index (χ2n) is 9.69. The Balaban J connectivity index is 1.29. The van der Waals surface area contributed by atoms with Crippen molar-refractivity contribution < 1.29 is 0 Å². The van der Waals surface area contributed by atoms with E-state index in [2.05, 4.69) is 64.5 Å². The first kappa shape index (κ1) is 22.4. The molecule has 1 aromatic carbocycles. The Bertz CT molecular complexity index is 1050. The zero-order chi connectivity index (χ0) is 22.6. The molecule has 0 amide bonds. The molecule has 33 heavy (non-hydrogen) atoms. The van der Waals surface area contributed by atoms with E-state index in [1.807, 2.05) is 0 Å². The van der Waals surface area contributed by atoms with Gasteiger partial charge in [-0.15, -0.1) is 0 Å². The molecule has 0 atom stereocenters. The smallest absolute Gasteiger partial charge is 0.129 e. The fourth-order valence-electron chi connectivity index (χ4n) is 5.39. The maximum Gasteiger partial charge on any atom is 0.129 e. The molecule has 1 saturated carbocycles. The largest absolute Gasteiger partial charge is 0.357 e. The van der Waals surface area contributed by atoms with Gasteiger partial charge in [-0.1, -0.05) is 48.0 Å². The first-order valence-electron chi connectivity index (χ1n) is 12.3. The van der Waals surface area contributed by atoms with Crippen LogP contribution in [0.15, 0.2) is 60.8 Å². The predicted molar refractivity (Wildman–Crippen MR) is 137 cm³/mol. The minimum Gasteiger partial charge on any atom is -0.357 e. The molecule has 0 bridgehead atoms. The molecule has 0 radical (unpaired) electrons. The van der Waals surface area contributed by atoms with E-state index in [-0.39, 0.29) is 0 Å². The molecule has 0 unspecified atom stereocenters. The Morgan fingerprint density at radius 1 is 0.909 bits per heavy atom. The highest BCUT2D eigenvalue weighted by Gasteiger charge is 2.22. The molecule has 3 heterocycles. The molecule has 2 aromatic heterocycles. The molecular weight excluding hydrogens is 428 g/mol. The van der Waals surface area contributed by atoms with Crippen LogP contribution in [-0.2, 0) is 6.42 Å². The number of rotatable bonds is 5. The van der Waals surface area contributed by atoms with Crippen LogP contribution in [0.1, 0.15) is 55.7 Å². The molecular formula is C28H33ClN4. The van der Waals surface area contributed by atoms with Crippen molar-refractivity contribution in [3.05, 3.63) is 77.1 Å². The molecule has 2 N–H and O–H groups in total. The highest BCUT2D eigenvalue weighted by atomic mass is 35.5.